The minimum absolute atomic E-state index is 0.0403. The van der Waals surface area contributed by atoms with Gasteiger partial charge in [0, 0.05) is 19.6 Å². The van der Waals surface area contributed by atoms with Gasteiger partial charge in [-0.3, -0.25) is 0 Å². The van der Waals surface area contributed by atoms with E-state index in [1.165, 1.54) is 12.1 Å². The van der Waals surface area contributed by atoms with E-state index in [1.54, 1.807) is 12.1 Å². The number of amides is 2. The lowest BCUT2D eigenvalue weighted by Crippen LogP contribution is -2.45. The summed E-state index contributed by atoms with van der Waals surface area (Å²) < 4.78 is 18.4. The summed E-state index contributed by atoms with van der Waals surface area (Å²) in [6.45, 7) is 4.86. The van der Waals surface area contributed by atoms with Crippen molar-refractivity contribution in [2.75, 3.05) is 40.3 Å². The minimum Gasteiger partial charge on any atom is -0.491 e. The van der Waals surface area contributed by atoms with Crippen molar-refractivity contribution in [3.05, 3.63) is 30.1 Å². The predicted molar refractivity (Wildman–Crippen MR) is 88.1 cm³/mol. The number of urea groups is 1. The van der Waals surface area contributed by atoms with E-state index in [0.29, 0.717) is 18.3 Å². The van der Waals surface area contributed by atoms with Crippen LogP contribution in [0.15, 0.2) is 24.3 Å². The van der Waals surface area contributed by atoms with Gasteiger partial charge in [-0.25, -0.2) is 9.18 Å². The summed E-state index contributed by atoms with van der Waals surface area (Å²) in [5.41, 5.74) is 0. The second-order valence-corrected chi connectivity index (χ2v) is 6.48. The van der Waals surface area contributed by atoms with E-state index in [1.807, 2.05) is 11.8 Å². The third-order valence-electron chi connectivity index (χ3n) is 3.88. The van der Waals surface area contributed by atoms with Crippen LogP contribution in [0, 0.1) is 11.7 Å². The first-order valence-corrected chi connectivity index (χ1v) is 8.02. The lowest BCUT2D eigenvalue weighted by atomic mass is 10.1. The third kappa shape index (κ3) is 5.71. The lowest BCUT2D eigenvalue weighted by Gasteiger charge is -2.22. The zero-order chi connectivity index (χ0) is 16.8. The number of ether oxygens (including phenoxy) is 1. The van der Waals surface area contributed by atoms with Crippen LogP contribution in [0.1, 0.15) is 13.3 Å². The van der Waals surface area contributed by atoms with Crippen molar-refractivity contribution in [2.45, 2.75) is 19.4 Å². The first-order valence-electron chi connectivity index (χ1n) is 8.02. The molecule has 1 aromatic carbocycles. The Labute approximate surface area is 137 Å². The average molecular weight is 323 g/mol. The summed E-state index contributed by atoms with van der Waals surface area (Å²) in [5.74, 6) is 0.848. The van der Waals surface area contributed by atoms with E-state index in [9.17, 15) is 9.18 Å². The van der Waals surface area contributed by atoms with Gasteiger partial charge in [-0.05, 0) is 57.6 Å². The maximum Gasteiger partial charge on any atom is 0.317 e. The molecular weight excluding hydrogens is 297 g/mol. The van der Waals surface area contributed by atoms with Gasteiger partial charge >= 0.3 is 6.03 Å². The molecule has 0 spiro atoms. The Balaban J connectivity index is 1.71. The third-order valence-corrected chi connectivity index (χ3v) is 3.88. The Hall–Kier alpha value is -1.82. The first kappa shape index (κ1) is 17.5. The standard InChI is InChI=1S/C17H26FN3O2/c1-13(12-23-16-6-4-15(18)5-7-16)19-17(22)21-9-8-14(11-21)10-20(2)3/h4-7,13-14H,8-12H2,1-3H3,(H,19,22)/t13-,14+/m0/s1. The van der Waals surface area contributed by atoms with Gasteiger partial charge < -0.3 is 19.9 Å². The quantitative estimate of drug-likeness (QED) is 0.873. The molecule has 0 radical (unpaired) electrons. The van der Waals surface area contributed by atoms with E-state index < -0.39 is 0 Å². The highest BCUT2D eigenvalue weighted by Gasteiger charge is 2.27. The number of hydrogen-bond acceptors (Lipinski definition) is 3. The Morgan fingerprint density at radius 3 is 2.78 bits per heavy atom. The molecule has 6 heteroatoms. The number of hydrogen-bond donors (Lipinski definition) is 1. The number of carbonyl (C=O) groups excluding carboxylic acids is 1. The molecular formula is C17H26FN3O2. The molecule has 0 saturated carbocycles. The van der Waals surface area contributed by atoms with Crippen molar-refractivity contribution in [1.82, 2.24) is 15.1 Å². The summed E-state index contributed by atoms with van der Waals surface area (Å²) in [6, 6.07) is 5.72. The smallest absolute Gasteiger partial charge is 0.317 e. The summed E-state index contributed by atoms with van der Waals surface area (Å²) in [6.07, 6.45) is 1.05. The van der Waals surface area contributed by atoms with Crippen LogP contribution in [0.25, 0.3) is 0 Å². The van der Waals surface area contributed by atoms with Gasteiger partial charge in [0.1, 0.15) is 18.2 Å². The number of rotatable bonds is 6. The topological polar surface area (TPSA) is 44.8 Å². The Morgan fingerprint density at radius 2 is 2.13 bits per heavy atom. The van der Waals surface area contributed by atoms with Crippen LogP contribution in [0.3, 0.4) is 0 Å². The molecule has 5 nitrogen and oxygen atoms in total. The normalized spacial score (nSPS) is 19.0. The van der Waals surface area contributed by atoms with Gasteiger partial charge in [-0.2, -0.15) is 0 Å². The number of benzene rings is 1. The monoisotopic (exact) mass is 323 g/mol. The molecule has 1 heterocycles. The van der Waals surface area contributed by atoms with Crippen molar-refractivity contribution >= 4 is 6.03 Å². The minimum atomic E-state index is -0.292. The second-order valence-electron chi connectivity index (χ2n) is 6.48. The molecule has 0 unspecified atom stereocenters. The number of carbonyl (C=O) groups is 1. The largest absolute Gasteiger partial charge is 0.491 e. The highest BCUT2D eigenvalue weighted by atomic mass is 19.1. The molecule has 2 atom stereocenters. The molecule has 1 aromatic rings. The van der Waals surface area contributed by atoms with E-state index in [4.69, 9.17) is 4.74 Å². The zero-order valence-corrected chi connectivity index (χ0v) is 14.1. The maximum absolute atomic E-state index is 12.8. The molecule has 1 aliphatic rings. The molecule has 23 heavy (non-hydrogen) atoms. The van der Waals surface area contributed by atoms with E-state index in [0.717, 1.165) is 26.1 Å². The van der Waals surface area contributed by atoms with E-state index >= 15 is 0 Å². The van der Waals surface area contributed by atoms with Crippen molar-refractivity contribution < 1.29 is 13.9 Å². The Kier molecular flexibility index (Phi) is 6.21. The van der Waals surface area contributed by atoms with Crippen LogP contribution in [0.5, 0.6) is 5.75 Å². The van der Waals surface area contributed by atoms with Crippen LogP contribution in [-0.4, -0.2) is 62.2 Å². The van der Waals surface area contributed by atoms with E-state index in [-0.39, 0.29) is 17.9 Å². The maximum atomic E-state index is 12.8. The fourth-order valence-corrected chi connectivity index (χ4v) is 2.78. The van der Waals surface area contributed by atoms with Crippen molar-refractivity contribution in [1.29, 1.82) is 0 Å². The average Bonchev–Trinajstić information content (AvgIpc) is 2.94. The van der Waals surface area contributed by atoms with Crippen molar-refractivity contribution in [3.63, 3.8) is 0 Å². The number of nitrogens with one attached hydrogen (secondary N) is 1. The van der Waals surface area contributed by atoms with Crippen LogP contribution in [0.2, 0.25) is 0 Å². The molecule has 2 rings (SSSR count). The van der Waals surface area contributed by atoms with E-state index in [2.05, 4.69) is 24.3 Å². The molecule has 2 amide bonds. The predicted octanol–water partition coefficient (Wildman–Crippen LogP) is 2.19. The Bertz CT molecular complexity index is 507. The summed E-state index contributed by atoms with van der Waals surface area (Å²) in [4.78, 5) is 16.3. The van der Waals surface area contributed by atoms with Gasteiger partial charge in [-0.15, -0.1) is 0 Å². The van der Waals surface area contributed by atoms with Crippen molar-refractivity contribution in [2.24, 2.45) is 5.92 Å². The fraction of sp³-hybridized carbons (Fsp3) is 0.588. The van der Waals surface area contributed by atoms with Gasteiger partial charge in [0.15, 0.2) is 0 Å². The first-order chi connectivity index (χ1) is 10.9. The highest BCUT2D eigenvalue weighted by Crippen LogP contribution is 2.17. The lowest BCUT2D eigenvalue weighted by molar-refractivity contribution is 0.194. The number of likely N-dealkylation sites (tertiary alicyclic amines) is 1. The van der Waals surface area contributed by atoms with Crippen molar-refractivity contribution in [3.8, 4) is 5.75 Å². The van der Waals surface area contributed by atoms with Gasteiger partial charge in [-0.1, -0.05) is 0 Å². The molecule has 0 aliphatic carbocycles. The van der Waals surface area contributed by atoms with Crippen LogP contribution in [-0.2, 0) is 0 Å². The molecule has 1 N–H and O–H groups in total. The molecule has 0 bridgehead atoms. The molecule has 0 aromatic heterocycles. The molecule has 1 saturated heterocycles. The summed E-state index contributed by atoms with van der Waals surface area (Å²) >= 11 is 0. The SMILES string of the molecule is C[C@@H](COc1ccc(F)cc1)NC(=O)N1CC[C@H](CN(C)C)C1. The summed E-state index contributed by atoms with van der Waals surface area (Å²) in [7, 11) is 4.11. The van der Waals surface area contributed by atoms with Gasteiger partial charge in [0.2, 0.25) is 0 Å². The van der Waals surface area contributed by atoms with Crippen LogP contribution >= 0.6 is 0 Å². The number of nitrogens with zero attached hydrogens (tertiary/aromatic N) is 2. The van der Waals surface area contributed by atoms with Gasteiger partial charge in [0.05, 0.1) is 6.04 Å². The Morgan fingerprint density at radius 1 is 1.43 bits per heavy atom. The van der Waals surface area contributed by atoms with Crippen LogP contribution < -0.4 is 10.1 Å². The second kappa shape index (κ2) is 8.15. The summed E-state index contributed by atoms with van der Waals surface area (Å²) in [5, 5.41) is 2.95. The fourth-order valence-electron chi connectivity index (χ4n) is 2.78. The zero-order valence-electron chi connectivity index (χ0n) is 14.1. The highest BCUT2D eigenvalue weighted by molar-refractivity contribution is 5.74. The number of halogens is 1. The molecule has 1 aliphatic heterocycles. The molecule has 128 valence electrons. The van der Waals surface area contributed by atoms with Gasteiger partial charge in [0.25, 0.3) is 0 Å². The van der Waals surface area contributed by atoms with Crippen LogP contribution in [0.4, 0.5) is 9.18 Å². The molecule has 1 fully saturated rings.